The number of benzene rings is 1. The summed E-state index contributed by atoms with van der Waals surface area (Å²) < 4.78 is 7.31. The Balaban J connectivity index is 0.00000192. The second-order valence-corrected chi connectivity index (χ2v) is 5.30. The number of nitrogens with one attached hydrogen (secondary N) is 2. The van der Waals surface area contributed by atoms with Gasteiger partial charge in [0.25, 0.3) is 5.91 Å². The zero-order chi connectivity index (χ0) is 15.2. The van der Waals surface area contributed by atoms with Crippen LogP contribution >= 0.6 is 12.4 Å². The van der Waals surface area contributed by atoms with Crippen LogP contribution < -0.4 is 10.6 Å². The number of hydrogen-bond acceptors (Lipinski definition) is 4. The highest BCUT2D eigenvalue weighted by Crippen LogP contribution is 2.07. The van der Waals surface area contributed by atoms with Crippen molar-refractivity contribution in [2.24, 2.45) is 0 Å². The van der Waals surface area contributed by atoms with Gasteiger partial charge in [0.2, 0.25) is 0 Å². The number of nitrogens with zero attached hydrogens (tertiary/aromatic N) is 2. The van der Waals surface area contributed by atoms with E-state index in [1.807, 2.05) is 29.1 Å². The van der Waals surface area contributed by atoms with Crippen molar-refractivity contribution in [3.05, 3.63) is 53.9 Å². The summed E-state index contributed by atoms with van der Waals surface area (Å²) in [4.78, 5) is 12.0. The van der Waals surface area contributed by atoms with Crippen LogP contribution in [0.5, 0.6) is 0 Å². The second kappa shape index (κ2) is 8.67. The summed E-state index contributed by atoms with van der Waals surface area (Å²) in [6.45, 7) is 3.19. The Hall–Kier alpha value is -1.89. The largest absolute Gasteiger partial charge is 0.366 e. The predicted octanol–water partition coefficient (Wildman–Crippen LogP) is 0.958. The average molecular weight is 337 g/mol. The standard InChI is InChI=1S/C16H20N4O2.ClH/c21-16(15-11-17-6-8-22-15)18-10-13-3-1-4-14(9-13)12-20-7-2-5-19-20;/h1-5,7,9,15,17H,6,8,10-12H2,(H,18,21);1H. The minimum absolute atomic E-state index is 0. The van der Waals surface area contributed by atoms with E-state index in [0.29, 0.717) is 19.7 Å². The monoisotopic (exact) mass is 336 g/mol. The third kappa shape index (κ3) is 5.06. The molecule has 1 amide bonds. The lowest BCUT2D eigenvalue weighted by Crippen LogP contribution is -2.47. The van der Waals surface area contributed by atoms with Gasteiger partial charge in [0.15, 0.2) is 0 Å². The number of carbonyl (C=O) groups is 1. The number of hydrogen-bond donors (Lipinski definition) is 2. The number of amides is 1. The molecule has 2 heterocycles. The lowest BCUT2D eigenvalue weighted by atomic mass is 10.1. The molecule has 6 nitrogen and oxygen atoms in total. The third-order valence-electron chi connectivity index (χ3n) is 3.58. The topological polar surface area (TPSA) is 68.2 Å². The van der Waals surface area contributed by atoms with Gasteiger partial charge in [-0.1, -0.05) is 24.3 Å². The van der Waals surface area contributed by atoms with E-state index < -0.39 is 0 Å². The van der Waals surface area contributed by atoms with Crippen LogP contribution in [-0.4, -0.2) is 41.5 Å². The van der Waals surface area contributed by atoms with Crippen LogP contribution in [0, 0.1) is 0 Å². The predicted molar refractivity (Wildman–Crippen MR) is 89.5 cm³/mol. The minimum atomic E-state index is -0.388. The van der Waals surface area contributed by atoms with Gasteiger partial charge in [0.05, 0.1) is 13.2 Å². The van der Waals surface area contributed by atoms with Crippen LogP contribution in [0.25, 0.3) is 0 Å². The van der Waals surface area contributed by atoms with Crippen LogP contribution in [0.4, 0.5) is 0 Å². The summed E-state index contributed by atoms with van der Waals surface area (Å²) in [5.74, 6) is -0.0651. The van der Waals surface area contributed by atoms with Gasteiger partial charge < -0.3 is 15.4 Å². The normalized spacial score (nSPS) is 17.3. The van der Waals surface area contributed by atoms with Gasteiger partial charge in [0.1, 0.15) is 6.10 Å². The van der Waals surface area contributed by atoms with Crippen molar-refractivity contribution in [3.8, 4) is 0 Å². The molecule has 1 saturated heterocycles. The molecule has 7 heteroatoms. The molecule has 1 atom stereocenters. The maximum Gasteiger partial charge on any atom is 0.250 e. The fourth-order valence-electron chi connectivity index (χ4n) is 2.46. The fraction of sp³-hybridized carbons (Fsp3) is 0.375. The summed E-state index contributed by atoms with van der Waals surface area (Å²) in [5, 5.41) is 10.3. The molecule has 0 saturated carbocycles. The molecule has 1 aromatic heterocycles. The molecule has 1 fully saturated rings. The molecular weight excluding hydrogens is 316 g/mol. The summed E-state index contributed by atoms with van der Waals surface area (Å²) in [5.41, 5.74) is 2.23. The van der Waals surface area contributed by atoms with E-state index in [9.17, 15) is 4.79 Å². The van der Waals surface area contributed by atoms with E-state index in [-0.39, 0.29) is 24.4 Å². The van der Waals surface area contributed by atoms with E-state index in [4.69, 9.17) is 4.74 Å². The molecule has 124 valence electrons. The first-order valence-corrected chi connectivity index (χ1v) is 7.46. The van der Waals surface area contributed by atoms with Crippen LogP contribution in [-0.2, 0) is 22.6 Å². The molecule has 23 heavy (non-hydrogen) atoms. The molecule has 1 aliphatic heterocycles. The first-order valence-electron chi connectivity index (χ1n) is 7.46. The highest BCUT2D eigenvalue weighted by molar-refractivity contribution is 5.85. The molecule has 1 unspecified atom stereocenters. The van der Waals surface area contributed by atoms with E-state index in [2.05, 4.69) is 27.9 Å². The van der Waals surface area contributed by atoms with Crippen molar-refractivity contribution in [2.75, 3.05) is 19.7 Å². The molecule has 0 bridgehead atoms. The number of carbonyl (C=O) groups excluding carboxylic acids is 1. The SMILES string of the molecule is Cl.O=C(NCc1cccc(Cn2cccn2)c1)C1CNCCO1. The lowest BCUT2D eigenvalue weighted by Gasteiger charge is -2.22. The maximum absolute atomic E-state index is 12.0. The third-order valence-corrected chi connectivity index (χ3v) is 3.58. The first-order chi connectivity index (χ1) is 10.8. The molecule has 2 N–H and O–H groups in total. The van der Waals surface area contributed by atoms with E-state index in [0.717, 1.165) is 24.2 Å². The van der Waals surface area contributed by atoms with Crippen LogP contribution in [0.3, 0.4) is 0 Å². The summed E-state index contributed by atoms with van der Waals surface area (Å²) >= 11 is 0. The number of aromatic nitrogens is 2. The zero-order valence-corrected chi connectivity index (χ0v) is 13.6. The Morgan fingerprint density at radius 2 is 2.26 bits per heavy atom. The second-order valence-electron chi connectivity index (χ2n) is 5.30. The number of rotatable bonds is 5. The molecule has 0 spiro atoms. The van der Waals surface area contributed by atoms with Crippen molar-refractivity contribution in [1.82, 2.24) is 20.4 Å². The Bertz CT molecular complexity index is 612. The molecule has 1 aromatic carbocycles. The van der Waals surface area contributed by atoms with Crippen LogP contribution in [0.2, 0.25) is 0 Å². The first kappa shape index (κ1) is 17.5. The van der Waals surface area contributed by atoms with E-state index in [1.54, 1.807) is 6.20 Å². The fourth-order valence-corrected chi connectivity index (χ4v) is 2.46. The molecule has 0 aliphatic carbocycles. The van der Waals surface area contributed by atoms with E-state index >= 15 is 0 Å². The van der Waals surface area contributed by atoms with Gasteiger partial charge in [-0.25, -0.2) is 0 Å². The van der Waals surface area contributed by atoms with Crippen molar-refractivity contribution in [2.45, 2.75) is 19.2 Å². The Labute approximate surface area is 141 Å². The number of halogens is 1. The average Bonchev–Trinajstić information content (AvgIpc) is 3.07. The van der Waals surface area contributed by atoms with Crippen molar-refractivity contribution in [3.63, 3.8) is 0 Å². The van der Waals surface area contributed by atoms with E-state index in [1.165, 1.54) is 0 Å². The van der Waals surface area contributed by atoms with Gasteiger partial charge in [-0.2, -0.15) is 5.10 Å². The summed E-state index contributed by atoms with van der Waals surface area (Å²) in [6.07, 6.45) is 3.31. The summed E-state index contributed by atoms with van der Waals surface area (Å²) in [6, 6.07) is 10.1. The van der Waals surface area contributed by atoms with Crippen LogP contribution in [0.15, 0.2) is 42.7 Å². The number of ether oxygens (including phenoxy) is 1. The van der Waals surface area contributed by atoms with Gasteiger partial charge in [-0.3, -0.25) is 9.48 Å². The minimum Gasteiger partial charge on any atom is -0.366 e. The Kier molecular flexibility index (Phi) is 6.58. The Morgan fingerprint density at radius 3 is 3.00 bits per heavy atom. The quantitative estimate of drug-likeness (QED) is 0.853. The zero-order valence-electron chi connectivity index (χ0n) is 12.8. The van der Waals surface area contributed by atoms with Crippen LogP contribution in [0.1, 0.15) is 11.1 Å². The highest BCUT2D eigenvalue weighted by atomic mass is 35.5. The van der Waals surface area contributed by atoms with Crippen molar-refractivity contribution >= 4 is 18.3 Å². The van der Waals surface area contributed by atoms with Gasteiger partial charge in [-0.15, -0.1) is 12.4 Å². The van der Waals surface area contributed by atoms with Crippen molar-refractivity contribution < 1.29 is 9.53 Å². The van der Waals surface area contributed by atoms with Gasteiger partial charge in [-0.05, 0) is 17.2 Å². The lowest BCUT2D eigenvalue weighted by molar-refractivity contribution is -0.134. The molecule has 2 aromatic rings. The molecular formula is C16H21ClN4O2. The maximum atomic E-state index is 12.0. The smallest absolute Gasteiger partial charge is 0.250 e. The highest BCUT2D eigenvalue weighted by Gasteiger charge is 2.21. The molecule has 1 aliphatic rings. The molecule has 3 rings (SSSR count). The van der Waals surface area contributed by atoms with Crippen molar-refractivity contribution in [1.29, 1.82) is 0 Å². The van der Waals surface area contributed by atoms with Gasteiger partial charge >= 0.3 is 0 Å². The van der Waals surface area contributed by atoms with Gasteiger partial charge in [0, 0.05) is 32.0 Å². The number of morpholine rings is 1. The summed E-state index contributed by atoms with van der Waals surface area (Å²) in [7, 11) is 0. The molecule has 0 radical (unpaired) electrons. The Morgan fingerprint density at radius 1 is 1.39 bits per heavy atom.